The van der Waals surface area contributed by atoms with Gasteiger partial charge >= 0.3 is 6.18 Å². The van der Waals surface area contributed by atoms with Crippen LogP contribution >= 0.6 is 0 Å². The van der Waals surface area contributed by atoms with E-state index in [2.05, 4.69) is 11.9 Å². The quantitative estimate of drug-likeness (QED) is 0.284. The molecule has 0 radical (unpaired) electrons. The smallest absolute Gasteiger partial charge is 0.433 e. The Morgan fingerprint density at radius 1 is 1.23 bits per heavy atom. The van der Waals surface area contributed by atoms with Gasteiger partial charge in [-0.3, -0.25) is 13.7 Å². The van der Waals surface area contributed by atoms with E-state index in [0.717, 1.165) is 25.3 Å². The van der Waals surface area contributed by atoms with Crippen LogP contribution < -0.4 is 14.8 Å². The number of alkyl halides is 3. The zero-order valence-corrected chi connectivity index (χ0v) is 20.9. The van der Waals surface area contributed by atoms with E-state index in [-0.39, 0.29) is 25.3 Å². The van der Waals surface area contributed by atoms with Gasteiger partial charge < -0.3 is 10.5 Å². The van der Waals surface area contributed by atoms with E-state index >= 15 is 0 Å². The average Bonchev–Trinajstić information content (AvgIpc) is 2.78. The molecule has 0 aliphatic rings. The zero-order chi connectivity index (χ0) is 26.2. The van der Waals surface area contributed by atoms with Crippen molar-refractivity contribution in [2.24, 2.45) is 5.73 Å². The van der Waals surface area contributed by atoms with Gasteiger partial charge in [0.25, 0.3) is 11.3 Å². The Hall–Kier alpha value is -2.66. The monoisotopic (exact) mass is 515 g/mol. The van der Waals surface area contributed by atoms with Crippen molar-refractivity contribution in [3.05, 3.63) is 52.7 Å². The number of halogens is 3. The van der Waals surface area contributed by atoms with E-state index in [1.807, 2.05) is 0 Å². The number of rotatable bonds is 13. The Morgan fingerprint density at radius 3 is 2.51 bits per heavy atom. The first kappa shape index (κ1) is 28.6. The van der Waals surface area contributed by atoms with Crippen LogP contribution in [0.4, 0.5) is 18.9 Å². The third-order valence-corrected chi connectivity index (χ3v) is 6.37. The Kier molecular flexibility index (Phi) is 10.5. The summed E-state index contributed by atoms with van der Waals surface area (Å²) in [4.78, 5) is 15.9. The minimum atomic E-state index is -4.60. The van der Waals surface area contributed by atoms with E-state index in [1.54, 1.807) is 25.1 Å². The highest BCUT2D eigenvalue weighted by atomic mass is 32.2. The molecule has 0 saturated carbocycles. The highest BCUT2D eigenvalue weighted by Crippen LogP contribution is 2.32. The predicted octanol–water partition coefficient (Wildman–Crippen LogP) is 5.14. The van der Waals surface area contributed by atoms with Gasteiger partial charge in [0.1, 0.15) is 5.69 Å². The zero-order valence-electron chi connectivity index (χ0n) is 20.1. The number of nitrogens with zero attached hydrogens (tertiary/aromatic N) is 2. The Balaban J connectivity index is 2.24. The van der Waals surface area contributed by atoms with E-state index < -0.39 is 35.0 Å². The fourth-order valence-corrected chi connectivity index (χ4v) is 4.12. The largest absolute Gasteiger partial charge is 0.477 e. The predicted molar refractivity (Wildman–Crippen MR) is 129 cm³/mol. The summed E-state index contributed by atoms with van der Waals surface area (Å²) in [5, 5.41) is 0. The molecular formula is C24H32F3N3O4S. The minimum Gasteiger partial charge on any atom is -0.477 e. The molecule has 11 heteroatoms. The van der Waals surface area contributed by atoms with E-state index in [0.29, 0.717) is 28.8 Å². The van der Waals surface area contributed by atoms with Crippen LogP contribution in [-0.4, -0.2) is 33.3 Å². The summed E-state index contributed by atoms with van der Waals surface area (Å²) in [6.07, 6.45) is -0.500. The summed E-state index contributed by atoms with van der Waals surface area (Å²) >= 11 is -2.20. The lowest BCUT2D eigenvalue weighted by atomic mass is 9.90. The summed E-state index contributed by atoms with van der Waals surface area (Å²) in [5.74, 6) is -1.39. The molecule has 7 nitrogen and oxygen atoms in total. The lowest BCUT2D eigenvalue weighted by molar-refractivity contribution is -0.141. The number of carbonyl (C=O) groups excluding carboxylic acids is 1. The lowest BCUT2D eigenvalue weighted by Gasteiger charge is -2.20. The van der Waals surface area contributed by atoms with Crippen molar-refractivity contribution >= 4 is 22.9 Å². The lowest BCUT2D eigenvalue weighted by Crippen LogP contribution is -2.23. The first-order valence-electron chi connectivity index (χ1n) is 11.4. The summed E-state index contributed by atoms with van der Waals surface area (Å²) in [6, 6.07) is 7.22. The SMILES string of the molecule is CCCCCCOc1nc(C(F)(F)F)ccc1CCC(C(N)=O)c1ccc(N(C)S(=O)O)c(C)c1. The number of aromatic nitrogens is 1. The number of carbonyl (C=O) groups is 1. The fourth-order valence-electron chi connectivity index (χ4n) is 3.75. The summed E-state index contributed by atoms with van der Waals surface area (Å²) in [6.45, 7) is 4.05. The standard InChI is InChI=1S/C24H32F3N3O4S/c1-4-5-6-7-14-34-23-17(10-13-21(29-23)24(25,26)27)8-11-19(22(28)31)18-9-12-20(16(2)15-18)30(3)35(32)33/h9-10,12-13,15,19H,4-8,11,14H2,1-3H3,(H2,28,31)(H,32,33). The molecule has 0 aliphatic carbocycles. The van der Waals surface area contributed by atoms with Crippen molar-refractivity contribution in [3.63, 3.8) is 0 Å². The second-order valence-corrected chi connectivity index (χ2v) is 9.34. The topological polar surface area (TPSA) is 106 Å². The van der Waals surface area contributed by atoms with Crippen LogP contribution in [0.15, 0.2) is 30.3 Å². The maximum atomic E-state index is 13.2. The number of primary amides is 1. The maximum Gasteiger partial charge on any atom is 0.433 e. The molecule has 0 saturated heterocycles. The molecular weight excluding hydrogens is 483 g/mol. The van der Waals surface area contributed by atoms with Gasteiger partial charge in [-0.15, -0.1) is 0 Å². The van der Waals surface area contributed by atoms with Crippen LogP contribution in [-0.2, 0) is 28.7 Å². The number of benzene rings is 1. The fraction of sp³-hybridized carbons (Fsp3) is 0.500. The van der Waals surface area contributed by atoms with Crippen LogP contribution in [0.5, 0.6) is 5.88 Å². The first-order chi connectivity index (χ1) is 16.5. The third kappa shape index (κ3) is 8.21. The molecule has 194 valence electrons. The van der Waals surface area contributed by atoms with Crippen molar-refractivity contribution < 1.29 is 31.5 Å². The van der Waals surface area contributed by atoms with Gasteiger partial charge in [-0.1, -0.05) is 44.4 Å². The molecule has 2 atom stereocenters. The van der Waals surface area contributed by atoms with Gasteiger partial charge in [-0.05, 0) is 49.4 Å². The number of ether oxygens (including phenoxy) is 1. The highest BCUT2D eigenvalue weighted by Gasteiger charge is 2.33. The molecule has 2 rings (SSSR count). The molecule has 0 bridgehead atoms. The van der Waals surface area contributed by atoms with Crippen molar-refractivity contribution in [2.45, 2.75) is 64.5 Å². The van der Waals surface area contributed by atoms with Crippen molar-refractivity contribution in [3.8, 4) is 5.88 Å². The van der Waals surface area contributed by atoms with Crippen LogP contribution in [0.3, 0.4) is 0 Å². The van der Waals surface area contributed by atoms with Crippen molar-refractivity contribution in [2.75, 3.05) is 18.0 Å². The van der Waals surface area contributed by atoms with Crippen LogP contribution in [0.1, 0.15) is 67.3 Å². The Labute approximate surface area is 206 Å². The number of unbranched alkanes of at least 4 members (excludes halogenated alkanes) is 3. The third-order valence-electron chi connectivity index (χ3n) is 5.71. The second kappa shape index (κ2) is 12.9. The second-order valence-electron chi connectivity index (χ2n) is 8.34. The normalized spacial score (nSPS) is 13.3. The summed E-state index contributed by atoms with van der Waals surface area (Å²) in [5.41, 5.74) is 6.87. The van der Waals surface area contributed by atoms with E-state index in [4.69, 9.17) is 10.5 Å². The maximum absolute atomic E-state index is 13.2. The van der Waals surface area contributed by atoms with Crippen molar-refractivity contribution in [1.82, 2.24) is 4.98 Å². The molecule has 2 aromatic rings. The Morgan fingerprint density at radius 2 is 1.94 bits per heavy atom. The molecule has 35 heavy (non-hydrogen) atoms. The van der Waals surface area contributed by atoms with Gasteiger partial charge in [-0.2, -0.15) is 13.2 Å². The molecule has 1 aromatic carbocycles. The van der Waals surface area contributed by atoms with Crippen molar-refractivity contribution in [1.29, 1.82) is 0 Å². The molecule has 1 heterocycles. The first-order valence-corrected chi connectivity index (χ1v) is 12.5. The highest BCUT2D eigenvalue weighted by molar-refractivity contribution is 7.80. The van der Waals surface area contributed by atoms with Crippen LogP contribution in [0.2, 0.25) is 0 Å². The molecule has 2 unspecified atom stereocenters. The number of nitrogens with two attached hydrogens (primary N) is 1. The van der Waals surface area contributed by atoms with Crippen LogP contribution in [0, 0.1) is 6.92 Å². The van der Waals surface area contributed by atoms with Gasteiger partial charge in [0.05, 0.1) is 18.2 Å². The summed E-state index contributed by atoms with van der Waals surface area (Å²) in [7, 11) is 1.46. The molecule has 1 aromatic heterocycles. The number of pyridine rings is 1. The number of aryl methyl sites for hydroxylation is 2. The molecule has 1 amide bonds. The minimum absolute atomic E-state index is 0.0851. The molecule has 0 aliphatic heterocycles. The van der Waals surface area contributed by atoms with Crippen LogP contribution in [0.25, 0.3) is 0 Å². The Bertz CT molecular complexity index is 1030. The van der Waals surface area contributed by atoms with Gasteiger partial charge in [0.2, 0.25) is 11.8 Å². The van der Waals surface area contributed by atoms with E-state index in [1.165, 1.54) is 17.4 Å². The van der Waals surface area contributed by atoms with E-state index in [9.17, 15) is 26.7 Å². The molecule has 3 N–H and O–H groups in total. The van der Waals surface area contributed by atoms with Gasteiger partial charge in [0.15, 0.2) is 0 Å². The van der Waals surface area contributed by atoms with Gasteiger partial charge in [0, 0.05) is 12.6 Å². The average molecular weight is 516 g/mol. The molecule has 0 spiro atoms. The van der Waals surface area contributed by atoms with Gasteiger partial charge in [-0.25, -0.2) is 9.19 Å². The summed E-state index contributed by atoms with van der Waals surface area (Å²) < 4.78 is 67.0. The molecule has 0 fully saturated rings. The number of amides is 1. The number of hydrogen-bond acceptors (Lipinski definition) is 4. The number of anilines is 1. The number of hydrogen-bond donors (Lipinski definition) is 2.